The number of rotatable bonds is 4. The first-order chi connectivity index (χ1) is 8.49. The Kier molecular flexibility index (Phi) is 4.60. The molecule has 0 saturated carbocycles. The Hall–Kier alpha value is -0.210. The molecule has 1 aromatic carbocycles. The summed E-state index contributed by atoms with van der Waals surface area (Å²) in [5, 5.41) is 1.91. The van der Waals surface area contributed by atoms with Gasteiger partial charge >= 0.3 is 0 Å². The molecule has 96 valence electrons. The first-order valence-corrected chi connectivity index (χ1v) is 8.91. The van der Waals surface area contributed by atoms with Crippen molar-refractivity contribution in [2.75, 3.05) is 0 Å². The molecular formula is C11H9Br2NO2S2. The standard InChI is InChI=1S/C11H9Br2NO2S2/c12-8-1-3-9(4-2-8)18(15,16)14-7-11-10(13)5-6-17-11/h1-6,14H,7H2. The van der Waals surface area contributed by atoms with Crippen LogP contribution in [-0.2, 0) is 16.6 Å². The average molecular weight is 411 g/mol. The van der Waals surface area contributed by atoms with E-state index in [1.807, 2.05) is 11.4 Å². The second kappa shape index (κ2) is 5.83. The van der Waals surface area contributed by atoms with E-state index in [1.54, 1.807) is 24.3 Å². The van der Waals surface area contributed by atoms with E-state index in [0.29, 0.717) is 0 Å². The Labute approximate surface area is 127 Å². The summed E-state index contributed by atoms with van der Waals surface area (Å²) < 4.78 is 28.4. The van der Waals surface area contributed by atoms with Crippen molar-refractivity contribution in [2.45, 2.75) is 11.4 Å². The molecule has 0 aliphatic rings. The van der Waals surface area contributed by atoms with Gasteiger partial charge in [-0.25, -0.2) is 13.1 Å². The summed E-state index contributed by atoms with van der Waals surface area (Å²) in [6.07, 6.45) is 0. The number of thiophene rings is 1. The molecule has 0 bridgehead atoms. The zero-order valence-corrected chi connectivity index (χ0v) is 13.9. The lowest BCUT2D eigenvalue weighted by Crippen LogP contribution is -2.22. The van der Waals surface area contributed by atoms with Crippen LogP contribution in [0.15, 0.2) is 49.6 Å². The highest BCUT2D eigenvalue weighted by Gasteiger charge is 2.14. The molecular weight excluding hydrogens is 402 g/mol. The van der Waals surface area contributed by atoms with Crippen LogP contribution < -0.4 is 4.72 Å². The first kappa shape index (κ1) is 14.2. The molecule has 1 heterocycles. The maximum atomic E-state index is 12.0. The summed E-state index contributed by atoms with van der Waals surface area (Å²) in [4.78, 5) is 1.22. The predicted octanol–water partition coefficient (Wildman–Crippen LogP) is 3.75. The van der Waals surface area contributed by atoms with E-state index in [4.69, 9.17) is 0 Å². The molecule has 0 amide bonds. The molecule has 2 aromatic rings. The molecule has 0 unspecified atom stereocenters. The zero-order chi connectivity index (χ0) is 13.2. The molecule has 0 radical (unpaired) electrons. The number of sulfonamides is 1. The summed E-state index contributed by atoms with van der Waals surface area (Å²) in [5.74, 6) is 0. The maximum Gasteiger partial charge on any atom is 0.240 e. The quantitative estimate of drug-likeness (QED) is 0.834. The lowest BCUT2D eigenvalue weighted by atomic mass is 10.4. The van der Waals surface area contributed by atoms with Crippen molar-refractivity contribution in [1.29, 1.82) is 0 Å². The van der Waals surface area contributed by atoms with Gasteiger partial charge in [0.25, 0.3) is 0 Å². The highest BCUT2D eigenvalue weighted by atomic mass is 79.9. The summed E-state index contributed by atoms with van der Waals surface area (Å²) in [5.41, 5.74) is 0. The van der Waals surface area contributed by atoms with Crippen LogP contribution in [0.3, 0.4) is 0 Å². The van der Waals surface area contributed by atoms with Crippen molar-refractivity contribution >= 4 is 53.2 Å². The van der Waals surface area contributed by atoms with E-state index < -0.39 is 10.0 Å². The molecule has 2 rings (SSSR count). The van der Waals surface area contributed by atoms with E-state index in [9.17, 15) is 8.42 Å². The summed E-state index contributed by atoms with van der Waals surface area (Å²) in [7, 11) is -3.45. The molecule has 0 atom stereocenters. The normalized spacial score (nSPS) is 11.7. The lowest BCUT2D eigenvalue weighted by molar-refractivity contribution is 0.581. The molecule has 1 aromatic heterocycles. The lowest BCUT2D eigenvalue weighted by Gasteiger charge is -2.06. The molecule has 0 aliphatic carbocycles. The van der Waals surface area contributed by atoms with Crippen LogP contribution in [0.2, 0.25) is 0 Å². The van der Waals surface area contributed by atoms with E-state index >= 15 is 0 Å². The predicted molar refractivity (Wildman–Crippen MR) is 80.2 cm³/mol. The van der Waals surface area contributed by atoms with Crippen molar-refractivity contribution in [3.05, 3.63) is 49.5 Å². The minimum absolute atomic E-state index is 0.262. The fourth-order valence-corrected chi connectivity index (χ4v) is 4.09. The molecule has 0 saturated heterocycles. The maximum absolute atomic E-state index is 12.0. The third kappa shape index (κ3) is 3.42. The Balaban J connectivity index is 2.13. The Morgan fingerprint density at radius 3 is 2.33 bits per heavy atom. The summed E-state index contributed by atoms with van der Waals surface area (Å²) >= 11 is 8.15. The van der Waals surface area contributed by atoms with E-state index in [-0.39, 0.29) is 11.4 Å². The van der Waals surface area contributed by atoms with Gasteiger partial charge in [0.15, 0.2) is 0 Å². The van der Waals surface area contributed by atoms with Crippen LogP contribution in [0, 0.1) is 0 Å². The highest BCUT2D eigenvalue weighted by Crippen LogP contribution is 2.23. The number of benzene rings is 1. The van der Waals surface area contributed by atoms with Gasteiger partial charge in [0.2, 0.25) is 10.0 Å². The highest BCUT2D eigenvalue weighted by molar-refractivity contribution is 9.10. The molecule has 1 N–H and O–H groups in total. The van der Waals surface area contributed by atoms with Gasteiger partial charge in [0.1, 0.15) is 0 Å². The van der Waals surface area contributed by atoms with Crippen LogP contribution in [0.4, 0.5) is 0 Å². The van der Waals surface area contributed by atoms with Crippen molar-refractivity contribution in [3.63, 3.8) is 0 Å². The molecule has 3 nitrogen and oxygen atoms in total. The largest absolute Gasteiger partial charge is 0.240 e. The second-order valence-electron chi connectivity index (χ2n) is 3.47. The van der Waals surface area contributed by atoms with E-state index in [2.05, 4.69) is 36.6 Å². The Morgan fingerprint density at radius 2 is 1.78 bits per heavy atom. The summed E-state index contributed by atoms with van der Waals surface area (Å²) in [6.45, 7) is 0.288. The molecule has 7 heteroatoms. The second-order valence-corrected chi connectivity index (χ2v) is 8.01. The third-order valence-corrected chi connectivity index (χ3v) is 6.11. The third-order valence-electron chi connectivity index (χ3n) is 2.24. The van der Waals surface area contributed by atoms with Gasteiger partial charge in [-0.3, -0.25) is 0 Å². The Bertz CT molecular complexity index is 635. The van der Waals surface area contributed by atoms with Crippen molar-refractivity contribution in [2.24, 2.45) is 0 Å². The minimum Gasteiger partial charge on any atom is -0.207 e. The molecule has 0 spiro atoms. The molecule has 18 heavy (non-hydrogen) atoms. The minimum atomic E-state index is -3.45. The number of hydrogen-bond donors (Lipinski definition) is 1. The Morgan fingerprint density at radius 1 is 1.11 bits per heavy atom. The van der Waals surface area contributed by atoms with Gasteiger partial charge < -0.3 is 0 Å². The summed E-state index contributed by atoms with van der Waals surface area (Å²) in [6, 6.07) is 8.44. The number of halogens is 2. The van der Waals surface area contributed by atoms with Crippen LogP contribution in [0.25, 0.3) is 0 Å². The SMILES string of the molecule is O=S(=O)(NCc1sccc1Br)c1ccc(Br)cc1. The van der Waals surface area contributed by atoms with Gasteiger partial charge in [0, 0.05) is 20.4 Å². The topological polar surface area (TPSA) is 46.2 Å². The van der Waals surface area contributed by atoms with Gasteiger partial charge in [-0.05, 0) is 51.6 Å². The van der Waals surface area contributed by atoms with Crippen LogP contribution in [0.1, 0.15) is 4.88 Å². The average Bonchev–Trinajstić information content (AvgIpc) is 2.73. The number of nitrogens with one attached hydrogen (secondary N) is 1. The van der Waals surface area contributed by atoms with Gasteiger partial charge in [0.05, 0.1) is 4.90 Å². The van der Waals surface area contributed by atoms with Crippen molar-refractivity contribution < 1.29 is 8.42 Å². The van der Waals surface area contributed by atoms with Crippen molar-refractivity contribution in [1.82, 2.24) is 4.72 Å². The van der Waals surface area contributed by atoms with Gasteiger partial charge in [-0.2, -0.15) is 0 Å². The van der Waals surface area contributed by atoms with Gasteiger partial charge in [-0.1, -0.05) is 15.9 Å². The van der Waals surface area contributed by atoms with Crippen LogP contribution in [-0.4, -0.2) is 8.42 Å². The van der Waals surface area contributed by atoms with Crippen LogP contribution in [0.5, 0.6) is 0 Å². The first-order valence-electron chi connectivity index (χ1n) is 4.96. The zero-order valence-electron chi connectivity index (χ0n) is 9.06. The van der Waals surface area contributed by atoms with E-state index in [1.165, 1.54) is 11.3 Å². The van der Waals surface area contributed by atoms with Crippen LogP contribution >= 0.6 is 43.2 Å². The van der Waals surface area contributed by atoms with E-state index in [0.717, 1.165) is 13.8 Å². The van der Waals surface area contributed by atoms with Crippen molar-refractivity contribution in [3.8, 4) is 0 Å². The fraction of sp³-hybridized carbons (Fsp3) is 0.0909. The molecule has 0 aliphatic heterocycles. The fourth-order valence-electron chi connectivity index (χ4n) is 1.31. The number of hydrogen-bond acceptors (Lipinski definition) is 3. The molecule has 0 fully saturated rings. The monoisotopic (exact) mass is 409 g/mol. The smallest absolute Gasteiger partial charge is 0.207 e. The van der Waals surface area contributed by atoms with Gasteiger partial charge in [-0.15, -0.1) is 11.3 Å².